The van der Waals surface area contributed by atoms with Crippen molar-refractivity contribution in [1.82, 2.24) is 4.90 Å². The summed E-state index contributed by atoms with van der Waals surface area (Å²) in [5.41, 5.74) is -0.368. The van der Waals surface area contributed by atoms with Gasteiger partial charge in [-0.05, 0) is 38.7 Å². The first-order valence-electron chi connectivity index (χ1n) is 9.62. The minimum absolute atomic E-state index is 0. The summed E-state index contributed by atoms with van der Waals surface area (Å²) < 4.78 is 0. The predicted octanol–water partition coefficient (Wildman–Crippen LogP) is 3.97. The zero-order chi connectivity index (χ0) is 18.3. The second-order valence-corrected chi connectivity index (χ2v) is 7.51. The van der Waals surface area contributed by atoms with E-state index in [1.165, 1.54) is 0 Å². The van der Waals surface area contributed by atoms with Crippen LogP contribution >= 0.6 is 12.4 Å². The van der Waals surface area contributed by atoms with E-state index in [4.69, 9.17) is 0 Å². The van der Waals surface area contributed by atoms with Gasteiger partial charge in [-0.25, -0.2) is 0 Å². The van der Waals surface area contributed by atoms with Crippen LogP contribution in [0.2, 0.25) is 0 Å². The van der Waals surface area contributed by atoms with Crippen LogP contribution in [-0.4, -0.2) is 40.9 Å². The standard InChI is InChI=1S/C22H33NO2.ClH/c1-4-21(13-8-9-14-21)22(25,20-11-6-5-7-12-20)15-10-16-23(17-18-24)19(2)3;/h5-7,11-12,19,24-25H,4,8-9,13-14,16-18H2,1-3H3;1H. The Bertz CT molecular complexity index is 587. The molecule has 1 aliphatic carbocycles. The van der Waals surface area contributed by atoms with Crippen molar-refractivity contribution in [3.63, 3.8) is 0 Å². The number of halogens is 1. The van der Waals surface area contributed by atoms with E-state index in [9.17, 15) is 10.2 Å². The van der Waals surface area contributed by atoms with E-state index in [-0.39, 0.29) is 24.4 Å². The molecular weight excluding hydrogens is 346 g/mol. The maximum Gasteiger partial charge on any atom is 0.156 e. The molecule has 0 aromatic heterocycles. The quantitative estimate of drug-likeness (QED) is 0.704. The van der Waals surface area contributed by atoms with Crippen molar-refractivity contribution in [2.24, 2.45) is 5.41 Å². The monoisotopic (exact) mass is 379 g/mol. The Kier molecular flexibility index (Phi) is 9.13. The van der Waals surface area contributed by atoms with Gasteiger partial charge in [0.15, 0.2) is 5.60 Å². The molecule has 0 amide bonds. The van der Waals surface area contributed by atoms with Crippen molar-refractivity contribution in [2.75, 3.05) is 19.7 Å². The summed E-state index contributed by atoms with van der Waals surface area (Å²) in [5.74, 6) is 6.51. The summed E-state index contributed by atoms with van der Waals surface area (Å²) in [6.45, 7) is 7.67. The van der Waals surface area contributed by atoms with Gasteiger partial charge in [-0.3, -0.25) is 4.90 Å². The molecule has 0 aliphatic heterocycles. The molecule has 146 valence electrons. The highest BCUT2D eigenvalue weighted by atomic mass is 35.5. The van der Waals surface area contributed by atoms with Crippen LogP contribution in [0.5, 0.6) is 0 Å². The van der Waals surface area contributed by atoms with Gasteiger partial charge in [-0.15, -0.1) is 12.4 Å². The van der Waals surface area contributed by atoms with Crippen molar-refractivity contribution in [3.8, 4) is 11.8 Å². The third-order valence-electron chi connectivity index (χ3n) is 5.87. The molecule has 2 rings (SSSR count). The average Bonchev–Trinajstić information content (AvgIpc) is 3.12. The zero-order valence-corrected chi connectivity index (χ0v) is 17.2. The van der Waals surface area contributed by atoms with Crippen molar-refractivity contribution in [2.45, 2.75) is 64.5 Å². The van der Waals surface area contributed by atoms with Crippen LogP contribution in [0.4, 0.5) is 0 Å². The van der Waals surface area contributed by atoms with Crippen molar-refractivity contribution >= 4 is 12.4 Å². The molecule has 1 aromatic rings. The fourth-order valence-electron chi connectivity index (χ4n) is 4.13. The zero-order valence-electron chi connectivity index (χ0n) is 16.4. The van der Waals surface area contributed by atoms with Crippen LogP contribution < -0.4 is 0 Å². The third-order valence-corrected chi connectivity index (χ3v) is 5.87. The maximum absolute atomic E-state index is 11.8. The molecule has 2 N–H and O–H groups in total. The number of benzene rings is 1. The lowest BCUT2D eigenvalue weighted by atomic mass is 9.65. The topological polar surface area (TPSA) is 43.7 Å². The molecule has 1 atom stereocenters. The van der Waals surface area contributed by atoms with Crippen molar-refractivity contribution in [3.05, 3.63) is 35.9 Å². The Labute approximate surface area is 165 Å². The molecule has 0 heterocycles. The Hall–Kier alpha value is -1.05. The van der Waals surface area contributed by atoms with Crippen molar-refractivity contribution < 1.29 is 10.2 Å². The Morgan fingerprint density at radius 2 is 1.81 bits per heavy atom. The number of aliphatic hydroxyl groups is 2. The molecule has 4 heteroatoms. The fourth-order valence-corrected chi connectivity index (χ4v) is 4.13. The number of hydrogen-bond donors (Lipinski definition) is 2. The van der Waals surface area contributed by atoms with Gasteiger partial charge in [0.25, 0.3) is 0 Å². The fraction of sp³-hybridized carbons (Fsp3) is 0.636. The summed E-state index contributed by atoms with van der Waals surface area (Å²) in [7, 11) is 0. The van der Waals surface area contributed by atoms with Gasteiger partial charge in [-0.1, -0.05) is 61.9 Å². The SMILES string of the molecule is CCC1(C(O)(C#CCN(CCO)C(C)C)c2ccccc2)CCCC1.Cl. The molecular formula is C22H34ClNO2. The first-order valence-corrected chi connectivity index (χ1v) is 9.62. The highest BCUT2D eigenvalue weighted by Gasteiger charge is 2.50. The predicted molar refractivity (Wildman–Crippen MR) is 110 cm³/mol. The lowest BCUT2D eigenvalue weighted by molar-refractivity contribution is -0.0422. The summed E-state index contributed by atoms with van der Waals surface area (Å²) in [4.78, 5) is 2.13. The van der Waals surface area contributed by atoms with E-state index >= 15 is 0 Å². The smallest absolute Gasteiger partial charge is 0.156 e. The summed E-state index contributed by atoms with van der Waals surface area (Å²) in [6.07, 6.45) is 5.29. The van der Waals surface area contributed by atoms with Gasteiger partial charge in [-0.2, -0.15) is 0 Å². The molecule has 1 fully saturated rings. The number of hydrogen-bond acceptors (Lipinski definition) is 3. The van der Waals surface area contributed by atoms with Crippen LogP contribution in [-0.2, 0) is 5.60 Å². The van der Waals surface area contributed by atoms with Gasteiger partial charge in [0.1, 0.15) is 0 Å². The van der Waals surface area contributed by atoms with Gasteiger partial charge in [0.2, 0.25) is 0 Å². The Morgan fingerprint density at radius 3 is 2.31 bits per heavy atom. The second kappa shape index (κ2) is 10.3. The minimum Gasteiger partial charge on any atom is -0.395 e. The van der Waals surface area contributed by atoms with Crippen LogP contribution in [0.1, 0.15) is 58.4 Å². The molecule has 1 unspecified atom stereocenters. The maximum atomic E-state index is 11.8. The average molecular weight is 380 g/mol. The summed E-state index contributed by atoms with van der Waals surface area (Å²) in [5, 5.41) is 21.0. The van der Waals surface area contributed by atoms with Crippen LogP contribution in [0.25, 0.3) is 0 Å². The number of aliphatic hydroxyl groups excluding tert-OH is 1. The molecule has 1 saturated carbocycles. The molecule has 0 spiro atoms. The third kappa shape index (κ3) is 4.81. The highest BCUT2D eigenvalue weighted by molar-refractivity contribution is 5.85. The van der Waals surface area contributed by atoms with E-state index in [1.54, 1.807) is 0 Å². The largest absolute Gasteiger partial charge is 0.395 e. The molecule has 0 radical (unpaired) electrons. The van der Waals surface area contributed by atoms with E-state index in [0.717, 1.165) is 37.7 Å². The van der Waals surface area contributed by atoms with Crippen LogP contribution in [0.3, 0.4) is 0 Å². The molecule has 0 saturated heterocycles. The van der Waals surface area contributed by atoms with Gasteiger partial charge in [0, 0.05) is 18.0 Å². The molecule has 1 aromatic carbocycles. The lowest BCUT2D eigenvalue weighted by Crippen LogP contribution is -2.43. The van der Waals surface area contributed by atoms with Crippen molar-refractivity contribution in [1.29, 1.82) is 0 Å². The summed E-state index contributed by atoms with van der Waals surface area (Å²) >= 11 is 0. The normalized spacial score (nSPS) is 18.1. The highest BCUT2D eigenvalue weighted by Crippen LogP contribution is 2.53. The van der Waals surface area contributed by atoms with Crippen LogP contribution in [0, 0.1) is 17.3 Å². The van der Waals surface area contributed by atoms with E-state index < -0.39 is 5.60 Å². The van der Waals surface area contributed by atoms with Crippen LogP contribution in [0.15, 0.2) is 30.3 Å². The molecule has 26 heavy (non-hydrogen) atoms. The van der Waals surface area contributed by atoms with E-state index in [2.05, 4.69) is 37.5 Å². The minimum atomic E-state index is -1.11. The number of rotatable bonds is 7. The van der Waals surface area contributed by atoms with E-state index in [0.29, 0.717) is 19.1 Å². The first kappa shape index (κ1) is 23.0. The Morgan fingerprint density at radius 1 is 1.19 bits per heavy atom. The van der Waals surface area contributed by atoms with Gasteiger partial charge < -0.3 is 10.2 Å². The number of nitrogens with zero attached hydrogens (tertiary/aromatic N) is 1. The lowest BCUT2D eigenvalue weighted by Gasteiger charge is -2.42. The summed E-state index contributed by atoms with van der Waals surface area (Å²) in [6, 6.07) is 10.3. The Balaban J connectivity index is 0.00000338. The van der Waals surface area contributed by atoms with Gasteiger partial charge >= 0.3 is 0 Å². The molecule has 0 bridgehead atoms. The first-order chi connectivity index (χ1) is 12.0. The molecule has 3 nitrogen and oxygen atoms in total. The van der Waals surface area contributed by atoms with E-state index in [1.807, 2.05) is 30.3 Å². The van der Waals surface area contributed by atoms with Gasteiger partial charge in [0.05, 0.1) is 13.2 Å². The molecule has 1 aliphatic rings. The second-order valence-electron chi connectivity index (χ2n) is 7.51.